The van der Waals surface area contributed by atoms with Gasteiger partial charge in [-0.15, -0.1) is 0 Å². The quantitative estimate of drug-likeness (QED) is 0.510. The SMILES string of the molecule is NC(=O)CN1C(=O)C2(CCCC2)N(c2ccc3c(c2)C[C@@]2(C3)C(=O)Nc3ncccc32)C[C@H]1c1cc(F)cc(F)c1. The number of pyridine rings is 1. The molecule has 3 N–H and O–H groups in total. The van der Waals surface area contributed by atoms with Crippen molar-refractivity contribution in [1.82, 2.24) is 9.88 Å². The Morgan fingerprint density at radius 1 is 1.02 bits per heavy atom. The van der Waals surface area contributed by atoms with Crippen molar-refractivity contribution in [3.05, 3.63) is 88.6 Å². The van der Waals surface area contributed by atoms with Crippen LogP contribution in [0, 0.1) is 11.6 Å². The summed E-state index contributed by atoms with van der Waals surface area (Å²) in [5.74, 6) is -1.94. The van der Waals surface area contributed by atoms with Crippen LogP contribution in [0.4, 0.5) is 20.3 Å². The molecule has 3 aromatic rings. The summed E-state index contributed by atoms with van der Waals surface area (Å²) in [6, 6.07) is 12.2. The Balaban J connectivity index is 1.30. The van der Waals surface area contributed by atoms with Gasteiger partial charge in [-0.05, 0) is 72.7 Å². The van der Waals surface area contributed by atoms with E-state index in [0.29, 0.717) is 31.5 Å². The van der Waals surface area contributed by atoms with Crippen molar-refractivity contribution < 1.29 is 23.2 Å². The number of aromatic nitrogens is 1. The molecular weight excluding hydrogens is 528 g/mol. The number of anilines is 2. The number of halogens is 2. The zero-order valence-electron chi connectivity index (χ0n) is 22.3. The Labute approximate surface area is 235 Å². The number of nitrogens with two attached hydrogens (primary N) is 1. The van der Waals surface area contributed by atoms with Crippen LogP contribution in [-0.4, -0.2) is 46.2 Å². The van der Waals surface area contributed by atoms with Gasteiger partial charge in [0, 0.05) is 30.1 Å². The van der Waals surface area contributed by atoms with Crippen LogP contribution in [0.2, 0.25) is 0 Å². The van der Waals surface area contributed by atoms with Gasteiger partial charge in [0.2, 0.25) is 17.7 Å². The highest BCUT2D eigenvalue weighted by atomic mass is 19.1. The maximum Gasteiger partial charge on any atom is 0.249 e. The largest absolute Gasteiger partial charge is 0.368 e. The predicted molar refractivity (Wildman–Crippen MR) is 147 cm³/mol. The van der Waals surface area contributed by atoms with Crippen molar-refractivity contribution in [2.75, 3.05) is 23.3 Å². The Morgan fingerprint density at radius 2 is 1.76 bits per heavy atom. The molecule has 2 aromatic carbocycles. The maximum atomic E-state index is 14.3. The molecule has 10 heteroatoms. The highest BCUT2D eigenvalue weighted by Gasteiger charge is 2.55. The summed E-state index contributed by atoms with van der Waals surface area (Å²) in [5.41, 5.74) is 7.96. The lowest BCUT2D eigenvalue weighted by molar-refractivity contribution is -0.145. The third-order valence-electron chi connectivity index (χ3n) is 9.41. The molecule has 2 aliphatic heterocycles. The normalized spacial score (nSPS) is 24.2. The van der Waals surface area contributed by atoms with Gasteiger partial charge in [-0.1, -0.05) is 25.0 Å². The molecule has 1 saturated heterocycles. The summed E-state index contributed by atoms with van der Waals surface area (Å²) in [4.78, 5) is 47.4. The Morgan fingerprint density at radius 3 is 2.49 bits per heavy atom. The molecule has 3 heterocycles. The molecule has 2 spiro atoms. The van der Waals surface area contributed by atoms with Gasteiger partial charge < -0.3 is 20.9 Å². The van der Waals surface area contributed by atoms with E-state index in [-0.39, 0.29) is 30.5 Å². The van der Waals surface area contributed by atoms with Gasteiger partial charge in [-0.3, -0.25) is 14.4 Å². The van der Waals surface area contributed by atoms with E-state index in [1.807, 2.05) is 30.3 Å². The van der Waals surface area contributed by atoms with Crippen LogP contribution in [-0.2, 0) is 32.6 Å². The van der Waals surface area contributed by atoms with E-state index < -0.39 is 34.5 Å². The molecule has 1 saturated carbocycles. The Hall–Kier alpha value is -4.34. The zero-order chi connectivity index (χ0) is 28.5. The van der Waals surface area contributed by atoms with Gasteiger partial charge >= 0.3 is 0 Å². The van der Waals surface area contributed by atoms with Crippen LogP contribution in [0.5, 0.6) is 0 Å². The minimum atomic E-state index is -0.899. The van der Waals surface area contributed by atoms with Crippen molar-refractivity contribution in [2.45, 2.75) is 55.5 Å². The van der Waals surface area contributed by atoms with Crippen molar-refractivity contribution in [1.29, 1.82) is 0 Å². The number of fused-ring (bicyclic) bond motifs is 3. The monoisotopic (exact) mass is 557 g/mol. The number of rotatable bonds is 4. The van der Waals surface area contributed by atoms with Gasteiger partial charge in [-0.2, -0.15) is 0 Å². The smallest absolute Gasteiger partial charge is 0.249 e. The lowest BCUT2D eigenvalue weighted by Crippen LogP contribution is -2.66. The number of piperazine rings is 1. The molecule has 41 heavy (non-hydrogen) atoms. The second kappa shape index (κ2) is 9.09. The fourth-order valence-electron chi connectivity index (χ4n) is 7.59. The number of benzene rings is 2. The van der Waals surface area contributed by atoms with Gasteiger partial charge in [0.05, 0.1) is 11.5 Å². The highest BCUT2D eigenvalue weighted by molar-refractivity contribution is 6.06. The number of primary amides is 1. The summed E-state index contributed by atoms with van der Waals surface area (Å²) in [7, 11) is 0. The molecule has 4 aliphatic rings. The first-order chi connectivity index (χ1) is 19.7. The number of amides is 3. The van der Waals surface area contributed by atoms with Crippen LogP contribution < -0.4 is 16.0 Å². The predicted octanol–water partition coefficient (Wildman–Crippen LogP) is 3.54. The zero-order valence-corrected chi connectivity index (χ0v) is 22.3. The molecule has 2 aliphatic carbocycles. The lowest BCUT2D eigenvalue weighted by Gasteiger charge is -2.52. The molecule has 1 aromatic heterocycles. The number of hydrogen-bond acceptors (Lipinski definition) is 5. The second-order valence-corrected chi connectivity index (χ2v) is 11.7. The van der Waals surface area contributed by atoms with E-state index in [1.54, 1.807) is 6.20 Å². The van der Waals surface area contributed by atoms with Crippen molar-refractivity contribution in [2.24, 2.45) is 5.73 Å². The summed E-state index contributed by atoms with van der Waals surface area (Å²) < 4.78 is 28.7. The average molecular weight is 558 g/mol. The molecule has 2 fully saturated rings. The topological polar surface area (TPSA) is 109 Å². The van der Waals surface area contributed by atoms with Crippen molar-refractivity contribution >= 4 is 29.2 Å². The summed E-state index contributed by atoms with van der Waals surface area (Å²) in [6.07, 6.45) is 5.57. The average Bonchev–Trinajstić information content (AvgIpc) is 3.63. The molecule has 0 unspecified atom stereocenters. The third-order valence-corrected chi connectivity index (χ3v) is 9.41. The van der Waals surface area contributed by atoms with Gasteiger partial charge in [-0.25, -0.2) is 13.8 Å². The summed E-state index contributed by atoms with van der Waals surface area (Å²) >= 11 is 0. The maximum absolute atomic E-state index is 14.3. The van der Waals surface area contributed by atoms with Crippen LogP contribution >= 0.6 is 0 Å². The first-order valence-electron chi connectivity index (χ1n) is 13.9. The van der Waals surface area contributed by atoms with Crippen LogP contribution in [0.25, 0.3) is 0 Å². The molecule has 7 rings (SSSR count). The van der Waals surface area contributed by atoms with E-state index in [0.717, 1.165) is 41.3 Å². The van der Waals surface area contributed by atoms with Crippen LogP contribution in [0.15, 0.2) is 54.7 Å². The molecule has 210 valence electrons. The Bertz CT molecular complexity index is 1600. The number of carbonyl (C=O) groups excluding carboxylic acids is 3. The van der Waals surface area contributed by atoms with Gasteiger partial charge in [0.25, 0.3) is 0 Å². The molecule has 8 nitrogen and oxygen atoms in total. The van der Waals surface area contributed by atoms with Crippen molar-refractivity contribution in [3.63, 3.8) is 0 Å². The standard InChI is InChI=1S/C31H29F2N5O3/c32-21-10-19(11-22(33)13-21)25-16-38(31(7-1-2-8-31)29(41)37(25)17-26(34)39)23-6-5-18-14-30(15-20(18)12-23)24-4-3-9-35-27(24)36-28(30)40/h3-6,9-13,25H,1-2,7-8,14-17H2,(H2,34,39)(H,35,36,40)/t25-,30+/m0/s1. The molecule has 0 bridgehead atoms. The van der Waals surface area contributed by atoms with Gasteiger partial charge in [0.15, 0.2) is 0 Å². The van der Waals surface area contributed by atoms with Crippen molar-refractivity contribution in [3.8, 4) is 0 Å². The third kappa shape index (κ3) is 3.83. The summed E-state index contributed by atoms with van der Waals surface area (Å²) in [5, 5.41) is 2.93. The fraction of sp³-hybridized carbons (Fsp3) is 0.355. The molecular formula is C31H29F2N5O3. The fourth-order valence-corrected chi connectivity index (χ4v) is 7.59. The van der Waals surface area contributed by atoms with E-state index in [2.05, 4.69) is 15.2 Å². The minimum Gasteiger partial charge on any atom is -0.368 e. The first-order valence-corrected chi connectivity index (χ1v) is 13.9. The van der Waals surface area contributed by atoms with E-state index in [1.165, 1.54) is 17.0 Å². The van der Waals surface area contributed by atoms with E-state index in [4.69, 9.17) is 5.73 Å². The molecule has 2 atom stereocenters. The number of nitrogens with one attached hydrogen (secondary N) is 1. The molecule has 3 amide bonds. The summed E-state index contributed by atoms with van der Waals surface area (Å²) in [6.45, 7) is -0.106. The number of carbonyl (C=O) groups is 3. The number of hydrogen-bond donors (Lipinski definition) is 2. The lowest BCUT2D eigenvalue weighted by atomic mass is 9.79. The van der Waals surface area contributed by atoms with Gasteiger partial charge in [0.1, 0.15) is 29.5 Å². The highest BCUT2D eigenvalue weighted by Crippen LogP contribution is 2.50. The van der Waals surface area contributed by atoms with Crippen LogP contribution in [0.3, 0.4) is 0 Å². The minimum absolute atomic E-state index is 0.0698. The Kier molecular flexibility index (Phi) is 5.68. The second-order valence-electron chi connectivity index (χ2n) is 11.7. The van der Waals surface area contributed by atoms with E-state index in [9.17, 15) is 23.2 Å². The van der Waals surface area contributed by atoms with E-state index >= 15 is 0 Å². The van der Waals surface area contributed by atoms with Crippen LogP contribution in [0.1, 0.15) is 54.0 Å². The number of nitrogens with zero attached hydrogens (tertiary/aromatic N) is 3. The molecule has 0 radical (unpaired) electrons. The first kappa shape index (κ1) is 25.6.